The molecule has 2 bridgehead atoms. The van der Waals surface area contributed by atoms with E-state index in [0.29, 0.717) is 18.8 Å². The van der Waals surface area contributed by atoms with E-state index in [-0.39, 0.29) is 17.8 Å². The lowest BCUT2D eigenvalue weighted by atomic mass is 10.2. The van der Waals surface area contributed by atoms with Gasteiger partial charge in [0.25, 0.3) is 5.69 Å². The van der Waals surface area contributed by atoms with Crippen molar-refractivity contribution in [3.8, 4) is 0 Å². The molecule has 2 aliphatic heterocycles. The minimum Gasteiger partial charge on any atom is -0.374 e. The number of non-ortho nitro benzene ring substituents is 1. The van der Waals surface area contributed by atoms with Crippen molar-refractivity contribution in [1.82, 2.24) is 0 Å². The lowest BCUT2D eigenvalue weighted by Gasteiger charge is -2.29. The van der Waals surface area contributed by atoms with Crippen LogP contribution in [0.25, 0.3) is 0 Å². The number of halogens is 1. The normalized spacial score (nSPS) is 26.5. The summed E-state index contributed by atoms with van der Waals surface area (Å²) in [4.78, 5) is 11.9. The molecule has 2 saturated heterocycles. The molecule has 0 spiro atoms. The van der Waals surface area contributed by atoms with Gasteiger partial charge < -0.3 is 9.64 Å². The zero-order valence-corrected chi connectivity index (χ0v) is 9.01. The Labute approximate surface area is 96.9 Å². The number of anilines is 1. The lowest BCUT2D eigenvalue weighted by molar-refractivity contribution is -0.385. The minimum atomic E-state index is -0.591. The van der Waals surface area contributed by atoms with Gasteiger partial charge in [-0.3, -0.25) is 10.1 Å². The van der Waals surface area contributed by atoms with Gasteiger partial charge in [-0.25, -0.2) is 4.39 Å². The molecule has 2 aliphatic rings. The largest absolute Gasteiger partial charge is 0.374 e. The van der Waals surface area contributed by atoms with Crippen molar-refractivity contribution in [3.05, 3.63) is 34.1 Å². The van der Waals surface area contributed by atoms with Gasteiger partial charge in [-0.2, -0.15) is 0 Å². The highest BCUT2D eigenvalue weighted by molar-refractivity contribution is 5.54. The SMILES string of the molecule is O=[N+]([O-])c1ccc(N2C[C@@H]3C[C@H]2CO3)c(F)c1. The van der Waals surface area contributed by atoms with Crippen molar-refractivity contribution in [2.75, 3.05) is 18.1 Å². The molecule has 17 heavy (non-hydrogen) atoms. The van der Waals surface area contributed by atoms with Gasteiger partial charge in [0.15, 0.2) is 5.82 Å². The minimum absolute atomic E-state index is 0.176. The Balaban J connectivity index is 1.91. The van der Waals surface area contributed by atoms with Crippen LogP contribution in [0, 0.1) is 15.9 Å². The smallest absolute Gasteiger partial charge is 0.272 e. The van der Waals surface area contributed by atoms with Gasteiger partial charge in [0.05, 0.1) is 35.4 Å². The lowest BCUT2D eigenvalue weighted by Crippen LogP contribution is -2.37. The van der Waals surface area contributed by atoms with E-state index in [1.54, 1.807) is 0 Å². The summed E-state index contributed by atoms with van der Waals surface area (Å²) in [5.74, 6) is -0.535. The molecule has 0 radical (unpaired) electrons. The summed E-state index contributed by atoms with van der Waals surface area (Å²) in [6.45, 7) is 1.28. The molecule has 2 heterocycles. The molecule has 0 N–H and O–H groups in total. The van der Waals surface area contributed by atoms with Crippen LogP contribution in [0.3, 0.4) is 0 Å². The average molecular weight is 238 g/mol. The van der Waals surface area contributed by atoms with E-state index in [4.69, 9.17) is 4.74 Å². The Morgan fingerprint density at radius 1 is 1.53 bits per heavy atom. The molecule has 1 aromatic carbocycles. The Kier molecular flexibility index (Phi) is 2.25. The third-order valence-electron chi connectivity index (χ3n) is 3.35. The molecule has 1 aromatic rings. The van der Waals surface area contributed by atoms with Crippen LogP contribution in [0.15, 0.2) is 18.2 Å². The zero-order valence-electron chi connectivity index (χ0n) is 9.01. The Morgan fingerprint density at radius 3 is 2.88 bits per heavy atom. The summed E-state index contributed by atoms with van der Waals surface area (Å²) >= 11 is 0. The van der Waals surface area contributed by atoms with Gasteiger partial charge >= 0.3 is 0 Å². The highest BCUT2D eigenvalue weighted by atomic mass is 19.1. The summed E-state index contributed by atoms with van der Waals surface area (Å²) in [5.41, 5.74) is 0.221. The van der Waals surface area contributed by atoms with Gasteiger partial charge in [-0.1, -0.05) is 0 Å². The molecule has 90 valence electrons. The Hall–Kier alpha value is -1.69. The summed E-state index contributed by atoms with van der Waals surface area (Å²) < 4.78 is 19.2. The molecule has 2 fully saturated rings. The van der Waals surface area contributed by atoms with Crippen molar-refractivity contribution in [1.29, 1.82) is 0 Å². The molecule has 3 rings (SSSR count). The van der Waals surface area contributed by atoms with Crippen LogP contribution in [-0.4, -0.2) is 30.2 Å². The predicted molar refractivity (Wildman–Crippen MR) is 58.5 cm³/mol. The van der Waals surface area contributed by atoms with Crippen LogP contribution in [-0.2, 0) is 4.74 Å². The fourth-order valence-corrected chi connectivity index (χ4v) is 2.54. The summed E-state index contributed by atoms with van der Waals surface area (Å²) in [5, 5.41) is 10.5. The number of hydrogen-bond acceptors (Lipinski definition) is 4. The number of rotatable bonds is 2. The predicted octanol–water partition coefficient (Wildman–Crippen LogP) is 1.71. The number of hydrogen-bond donors (Lipinski definition) is 0. The standard InChI is InChI=1S/C11H11FN2O3/c12-10-4-7(14(15)16)1-2-11(10)13-5-9-3-8(13)6-17-9/h1-2,4,8-9H,3,5-6H2/t8-,9-/m0/s1. The van der Waals surface area contributed by atoms with Crippen LogP contribution < -0.4 is 4.90 Å². The molecule has 0 aliphatic carbocycles. The first-order valence-electron chi connectivity index (χ1n) is 5.47. The van der Waals surface area contributed by atoms with Crippen molar-refractivity contribution in [2.24, 2.45) is 0 Å². The first-order valence-corrected chi connectivity index (χ1v) is 5.47. The number of ether oxygens (including phenoxy) is 1. The van der Waals surface area contributed by atoms with E-state index >= 15 is 0 Å². The van der Waals surface area contributed by atoms with E-state index in [9.17, 15) is 14.5 Å². The van der Waals surface area contributed by atoms with E-state index in [1.165, 1.54) is 12.1 Å². The van der Waals surface area contributed by atoms with Gasteiger partial charge in [-0.15, -0.1) is 0 Å². The maximum absolute atomic E-state index is 13.8. The Bertz CT molecular complexity index is 480. The van der Waals surface area contributed by atoms with Crippen LogP contribution >= 0.6 is 0 Å². The van der Waals surface area contributed by atoms with Crippen LogP contribution in [0.5, 0.6) is 0 Å². The molecule has 0 unspecified atom stereocenters. The number of benzene rings is 1. The quantitative estimate of drug-likeness (QED) is 0.581. The van der Waals surface area contributed by atoms with Crippen LogP contribution in [0.4, 0.5) is 15.8 Å². The molecule has 2 atom stereocenters. The second-order valence-corrected chi connectivity index (χ2v) is 4.39. The summed E-state index contributed by atoms with van der Waals surface area (Å²) in [6.07, 6.45) is 1.09. The van der Waals surface area contributed by atoms with Crippen molar-refractivity contribution in [3.63, 3.8) is 0 Å². The molecule has 0 amide bonds. The number of nitro benzene ring substituents is 1. The number of morpholine rings is 1. The van der Waals surface area contributed by atoms with Gasteiger partial charge in [0.1, 0.15) is 0 Å². The second-order valence-electron chi connectivity index (χ2n) is 4.39. The first-order chi connectivity index (χ1) is 8.15. The van der Waals surface area contributed by atoms with Crippen LogP contribution in [0.1, 0.15) is 6.42 Å². The highest BCUT2D eigenvalue weighted by Crippen LogP contribution is 2.34. The van der Waals surface area contributed by atoms with E-state index in [0.717, 1.165) is 12.5 Å². The topological polar surface area (TPSA) is 55.6 Å². The third kappa shape index (κ3) is 1.64. The fraction of sp³-hybridized carbons (Fsp3) is 0.455. The highest BCUT2D eigenvalue weighted by Gasteiger charge is 2.40. The van der Waals surface area contributed by atoms with Crippen LogP contribution in [0.2, 0.25) is 0 Å². The molecular formula is C11H11FN2O3. The van der Waals surface area contributed by atoms with E-state index in [2.05, 4.69) is 0 Å². The summed E-state index contributed by atoms with van der Waals surface area (Å²) in [7, 11) is 0. The van der Waals surface area contributed by atoms with Gasteiger partial charge in [0, 0.05) is 12.6 Å². The maximum Gasteiger partial charge on any atom is 0.272 e. The monoisotopic (exact) mass is 238 g/mol. The number of fused-ring (bicyclic) bond motifs is 2. The molecule has 5 nitrogen and oxygen atoms in total. The molecule has 6 heteroatoms. The van der Waals surface area contributed by atoms with Crippen molar-refractivity contribution >= 4 is 11.4 Å². The van der Waals surface area contributed by atoms with Crippen molar-refractivity contribution < 1.29 is 14.1 Å². The maximum atomic E-state index is 13.8. The van der Waals surface area contributed by atoms with Gasteiger partial charge in [-0.05, 0) is 12.5 Å². The van der Waals surface area contributed by atoms with Crippen molar-refractivity contribution in [2.45, 2.75) is 18.6 Å². The Morgan fingerprint density at radius 2 is 2.35 bits per heavy atom. The third-order valence-corrected chi connectivity index (χ3v) is 3.35. The van der Waals surface area contributed by atoms with E-state index in [1.807, 2.05) is 4.90 Å². The zero-order chi connectivity index (χ0) is 12.0. The average Bonchev–Trinajstić information content (AvgIpc) is 2.90. The van der Waals surface area contributed by atoms with Gasteiger partial charge in [0.2, 0.25) is 0 Å². The molecular weight excluding hydrogens is 227 g/mol. The fourth-order valence-electron chi connectivity index (χ4n) is 2.54. The van der Waals surface area contributed by atoms with E-state index < -0.39 is 10.7 Å². The molecule has 0 aromatic heterocycles. The number of nitrogens with zero attached hydrogens (tertiary/aromatic N) is 2. The second kappa shape index (κ2) is 3.66. The first kappa shape index (κ1) is 10.5. The summed E-state index contributed by atoms with van der Waals surface area (Å²) in [6, 6.07) is 4.00. The number of nitro groups is 1. The molecule has 0 saturated carbocycles.